The van der Waals surface area contributed by atoms with Crippen LogP contribution in [0.3, 0.4) is 0 Å². The maximum atomic E-state index is 8.54. The predicted molar refractivity (Wildman–Crippen MR) is 94.8 cm³/mol. The van der Waals surface area contributed by atoms with Crippen molar-refractivity contribution in [3.8, 4) is 0 Å². The lowest BCUT2D eigenvalue weighted by molar-refractivity contribution is 0.997. The highest BCUT2D eigenvalue weighted by molar-refractivity contribution is 6.41. The molecule has 0 aliphatic carbocycles. The molecule has 0 aliphatic heterocycles. The number of aryl methyl sites for hydroxylation is 4. The van der Waals surface area contributed by atoms with Gasteiger partial charge >= 0.3 is 0 Å². The van der Waals surface area contributed by atoms with Crippen molar-refractivity contribution < 1.29 is 0 Å². The molecule has 0 atom stereocenters. The number of rotatable bonds is 4. The standard InChI is InChI=1S/C20H24N2/c1-12-8-6-9-13(2)17(12)19(20(22)16(5)21)18-14(3)10-7-11-15(18)4/h6-11,19,21-22H,1-5H3. The van der Waals surface area contributed by atoms with E-state index >= 15 is 0 Å². The molecule has 0 bridgehead atoms. The second-order valence-electron chi connectivity index (χ2n) is 6.08. The average Bonchev–Trinajstić information content (AvgIpc) is 2.44. The van der Waals surface area contributed by atoms with E-state index in [0.717, 1.165) is 11.1 Å². The minimum absolute atomic E-state index is 0.167. The smallest absolute Gasteiger partial charge is 0.0637 e. The lowest BCUT2D eigenvalue weighted by Gasteiger charge is -2.26. The summed E-state index contributed by atoms with van der Waals surface area (Å²) < 4.78 is 0. The third kappa shape index (κ3) is 2.87. The Kier molecular flexibility index (Phi) is 4.60. The van der Waals surface area contributed by atoms with Crippen LogP contribution in [0.5, 0.6) is 0 Å². The highest BCUT2D eigenvalue weighted by Crippen LogP contribution is 2.35. The van der Waals surface area contributed by atoms with E-state index in [2.05, 4.69) is 64.1 Å². The normalized spacial score (nSPS) is 10.8. The van der Waals surface area contributed by atoms with Gasteiger partial charge in [0.05, 0.1) is 11.6 Å². The monoisotopic (exact) mass is 292 g/mol. The molecule has 0 saturated heterocycles. The van der Waals surface area contributed by atoms with Crippen LogP contribution >= 0.6 is 0 Å². The molecule has 0 amide bonds. The van der Waals surface area contributed by atoms with Gasteiger partial charge in [-0.3, -0.25) is 0 Å². The van der Waals surface area contributed by atoms with Gasteiger partial charge in [-0.15, -0.1) is 0 Å². The Morgan fingerprint density at radius 2 is 1.05 bits per heavy atom. The van der Waals surface area contributed by atoms with Crippen LogP contribution in [-0.4, -0.2) is 11.4 Å². The van der Waals surface area contributed by atoms with Crippen molar-refractivity contribution >= 4 is 11.4 Å². The second-order valence-corrected chi connectivity index (χ2v) is 6.08. The summed E-state index contributed by atoms with van der Waals surface area (Å²) in [6, 6.07) is 12.5. The Morgan fingerprint density at radius 1 is 0.727 bits per heavy atom. The van der Waals surface area contributed by atoms with E-state index in [1.54, 1.807) is 6.92 Å². The number of benzene rings is 2. The Hall–Kier alpha value is -2.22. The van der Waals surface area contributed by atoms with Gasteiger partial charge in [0.2, 0.25) is 0 Å². The summed E-state index contributed by atoms with van der Waals surface area (Å²) in [6.07, 6.45) is 0. The first kappa shape index (κ1) is 16.2. The van der Waals surface area contributed by atoms with E-state index in [0.29, 0.717) is 11.4 Å². The van der Waals surface area contributed by atoms with Crippen LogP contribution in [0.15, 0.2) is 36.4 Å². The molecule has 114 valence electrons. The molecule has 2 aromatic carbocycles. The molecule has 0 aliphatic rings. The lowest BCUT2D eigenvalue weighted by Crippen LogP contribution is -2.23. The van der Waals surface area contributed by atoms with Gasteiger partial charge in [0, 0.05) is 5.71 Å². The van der Waals surface area contributed by atoms with Crippen LogP contribution in [0, 0.1) is 38.5 Å². The highest BCUT2D eigenvalue weighted by atomic mass is 14.5. The Morgan fingerprint density at radius 3 is 1.32 bits per heavy atom. The Balaban J connectivity index is 2.79. The topological polar surface area (TPSA) is 47.7 Å². The molecule has 0 radical (unpaired) electrons. The van der Waals surface area contributed by atoms with Gasteiger partial charge in [0.1, 0.15) is 0 Å². The van der Waals surface area contributed by atoms with Crippen molar-refractivity contribution in [1.82, 2.24) is 0 Å². The lowest BCUT2D eigenvalue weighted by atomic mass is 9.78. The number of hydrogen-bond donors (Lipinski definition) is 2. The fraction of sp³-hybridized carbons (Fsp3) is 0.300. The first-order chi connectivity index (χ1) is 10.3. The Labute approximate surface area is 133 Å². The molecule has 0 unspecified atom stereocenters. The van der Waals surface area contributed by atoms with E-state index in [1.807, 2.05) is 0 Å². The van der Waals surface area contributed by atoms with Crippen molar-refractivity contribution in [3.05, 3.63) is 69.8 Å². The van der Waals surface area contributed by atoms with E-state index in [1.165, 1.54) is 22.3 Å². The molecule has 22 heavy (non-hydrogen) atoms. The molecule has 2 nitrogen and oxygen atoms in total. The van der Waals surface area contributed by atoms with Crippen LogP contribution in [0.1, 0.15) is 46.2 Å². The minimum Gasteiger partial charge on any atom is -0.304 e. The minimum atomic E-state index is -0.167. The third-order valence-corrected chi connectivity index (χ3v) is 4.35. The zero-order valence-electron chi connectivity index (χ0n) is 14.0. The van der Waals surface area contributed by atoms with Crippen molar-refractivity contribution in [3.63, 3.8) is 0 Å². The fourth-order valence-corrected chi connectivity index (χ4v) is 3.21. The maximum Gasteiger partial charge on any atom is 0.0637 e. The summed E-state index contributed by atoms with van der Waals surface area (Å²) in [5.41, 5.74) is 7.76. The number of nitrogens with one attached hydrogen (secondary N) is 2. The zero-order valence-corrected chi connectivity index (χ0v) is 14.0. The van der Waals surface area contributed by atoms with E-state index in [-0.39, 0.29) is 5.92 Å². The maximum absolute atomic E-state index is 8.54. The first-order valence-electron chi connectivity index (χ1n) is 7.60. The summed E-state index contributed by atoms with van der Waals surface area (Å²) in [5.74, 6) is -0.167. The molecule has 0 aromatic heterocycles. The van der Waals surface area contributed by atoms with E-state index in [9.17, 15) is 0 Å². The van der Waals surface area contributed by atoms with Gasteiger partial charge in [-0.25, -0.2) is 0 Å². The third-order valence-electron chi connectivity index (χ3n) is 4.35. The van der Waals surface area contributed by atoms with Gasteiger partial charge in [0.25, 0.3) is 0 Å². The van der Waals surface area contributed by atoms with Crippen LogP contribution < -0.4 is 0 Å². The summed E-state index contributed by atoms with van der Waals surface area (Å²) >= 11 is 0. The van der Waals surface area contributed by atoms with Crippen molar-refractivity contribution in [2.24, 2.45) is 0 Å². The Bertz CT molecular complexity index is 649. The second kappa shape index (κ2) is 6.27. The molecular formula is C20H24N2. The molecule has 0 heterocycles. The molecule has 2 N–H and O–H groups in total. The highest BCUT2D eigenvalue weighted by Gasteiger charge is 2.26. The average molecular weight is 292 g/mol. The first-order valence-corrected chi connectivity index (χ1v) is 7.60. The van der Waals surface area contributed by atoms with Gasteiger partial charge in [-0.2, -0.15) is 0 Å². The van der Waals surface area contributed by atoms with Crippen LogP contribution in [-0.2, 0) is 0 Å². The van der Waals surface area contributed by atoms with Gasteiger partial charge in [-0.05, 0) is 68.0 Å². The van der Waals surface area contributed by atoms with Crippen LogP contribution in [0.2, 0.25) is 0 Å². The predicted octanol–water partition coefficient (Wildman–Crippen LogP) is 5.11. The SMILES string of the molecule is CC(=N)C(=N)C(c1c(C)cccc1C)c1c(C)cccc1C. The summed E-state index contributed by atoms with van der Waals surface area (Å²) in [4.78, 5) is 0. The molecule has 2 heteroatoms. The largest absolute Gasteiger partial charge is 0.304 e. The molecule has 2 rings (SSSR count). The van der Waals surface area contributed by atoms with Gasteiger partial charge in [0.15, 0.2) is 0 Å². The summed E-state index contributed by atoms with van der Waals surface area (Å²) in [7, 11) is 0. The molecule has 0 spiro atoms. The summed E-state index contributed by atoms with van der Waals surface area (Å²) in [5, 5.41) is 16.5. The summed E-state index contributed by atoms with van der Waals surface area (Å²) in [6.45, 7) is 10.1. The molecule has 0 saturated carbocycles. The van der Waals surface area contributed by atoms with Crippen molar-refractivity contribution in [2.45, 2.75) is 40.5 Å². The quantitative estimate of drug-likeness (QED) is 0.736. The van der Waals surface area contributed by atoms with Crippen LogP contribution in [0.4, 0.5) is 0 Å². The van der Waals surface area contributed by atoms with Crippen LogP contribution in [0.25, 0.3) is 0 Å². The number of hydrogen-bond acceptors (Lipinski definition) is 2. The van der Waals surface area contributed by atoms with Gasteiger partial charge in [-0.1, -0.05) is 36.4 Å². The van der Waals surface area contributed by atoms with Gasteiger partial charge < -0.3 is 10.8 Å². The molecule has 0 fully saturated rings. The zero-order chi connectivity index (χ0) is 16.4. The van der Waals surface area contributed by atoms with Crippen molar-refractivity contribution in [1.29, 1.82) is 10.8 Å². The molecule has 2 aromatic rings. The van der Waals surface area contributed by atoms with Crippen molar-refractivity contribution in [2.75, 3.05) is 0 Å². The van der Waals surface area contributed by atoms with E-state index in [4.69, 9.17) is 10.8 Å². The fourth-order valence-electron chi connectivity index (χ4n) is 3.21. The molecular weight excluding hydrogens is 268 g/mol. The van der Waals surface area contributed by atoms with E-state index < -0.39 is 0 Å².